The molecular formula is C12H5F2N3. The lowest BCUT2D eigenvalue weighted by Gasteiger charge is -2.05. The summed E-state index contributed by atoms with van der Waals surface area (Å²) in [4.78, 5) is 0. The number of nitrogens with zero attached hydrogens (tertiary/aromatic N) is 2. The van der Waals surface area contributed by atoms with Gasteiger partial charge in [0, 0.05) is 12.3 Å². The van der Waals surface area contributed by atoms with Crippen molar-refractivity contribution >= 4 is 5.69 Å². The summed E-state index contributed by atoms with van der Waals surface area (Å²) >= 11 is 0. The minimum absolute atomic E-state index is 0.0929. The zero-order chi connectivity index (χ0) is 12.8. The van der Waals surface area contributed by atoms with Gasteiger partial charge in [-0.05, 0) is 6.07 Å². The first kappa shape index (κ1) is 12.2. The van der Waals surface area contributed by atoms with Crippen LogP contribution in [0, 0.1) is 46.6 Å². The van der Waals surface area contributed by atoms with Gasteiger partial charge in [0.05, 0.1) is 11.3 Å². The van der Waals surface area contributed by atoms with E-state index in [1.54, 1.807) is 12.1 Å². The van der Waals surface area contributed by atoms with Crippen LogP contribution in [0.5, 0.6) is 0 Å². The van der Waals surface area contributed by atoms with Crippen molar-refractivity contribution in [2.75, 3.05) is 5.32 Å². The average molecular weight is 229 g/mol. The standard InChI is InChI=1S/C12H5F2N3/c1-2-9-3-10(13)11(14)4-12(9)17-7-8(5-15)6-16/h1,3-4,7,17H. The molecule has 17 heavy (non-hydrogen) atoms. The number of hydrogen-bond acceptors (Lipinski definition) is 3. The van der Waals surface area contributed by atoms with Gasteiger partial charge in [0.2, 0.25) is 0 Å². The molecule has 0 aliphatic carbocycles. The molecule has 0 amide bonds. The largest absolute Gasteiger partial charge is 0.359 e. The van der Waals surface area contributed by atoms with Crippen LogP contribution >= 0.6 is 0 Å². The van der Waals surface area contributed by atoms with Crippen molar-refractivity contribution in [3.63, 3.8) is 0 Å². The Morgan fingerprint density at radius 2 is 1.82 bits per heavy atom. The highest BCUT2D eigenvalue weighted by Gasteiger charge is 2.07. The van der Waals surface area contributed by atoms with Gasteiger partial charge in [0.25, 0.3) is 0 Å². The monoisotopic (exact) mass is 229 g/mol. The van der Waals surface area contributed by atoms with Crippen LogP contribution in [0.1, 0.15) is 5.56 Å². The normalized spacial score (nSPS) is 8.41. The molecule has 0 fully saturated rings. The van der Waals surface area contributed by atoms with Crippen LogP contribution in [0.4, 0.5) is 14.5 Å². The second-order valence-corrected chi connectivity index (χ2v) is 2.88. The molecule has 5 heteroatoms. The van der Waals surface area contributed by atoms with Crippen molar-refractivity contribution in [2.24, 2.45) is 0 Å². The topological polar surface area (TPSA) is 59.6 Å². The van der Waals surface area contributed by atoms with E-state index in [-0.39, 0.29) is 16.8 Å². The van der Waals surface area contributed by atoms with E-state index in [1.165, 1.54) is 0 Å². The van der Waals surface area contributed by atoms with E-state index in [4.69, 9.17) is 16.9 Å². The predicted octanol–water partition coefficient (Wildman–Crippen LogP) is 2.29. The minimum Gasteiger partial charge on any atom is -0.359 e. The number of anilines is 1. The smallest absolute Gasteiger partial charge is 0.160 e. The predicted molar refractivity (Wildman–Crippen MR) is 57.2 cm³/mol. The Morgan fingerprint density at radius 3 is 2.35 bits per heavy atom. The third kappa shape index (κ3) is 2.81. The van der Waals surface area contributed by atoms with Gasteiger partial charge in [-0.1, -0.05) is 5.92 Å². The summed E-state index contributed by atoms with van der Waals surface area (Å²) in [6.07, 6.45) is 6.17. The maximum absolute atomic E-state index is 12.9. The van der Waals surface area contributed by atoms with E-state index in [0.29, 0.717) is 0 Å². The summed E-state index contributed by atoms with van der Waals surface area (Å²) in [5.74, 6) is 0.0236. The molecule has 0 bridgehead atoms. The SMILES string of the molecule is C#Cc1cc(F)c(F)cc1NC=C(C#N)C#N. The van der Waals surface area contributed by atoms with Gasteiger partial charge < -0.3 is 5.32 Å². The van der Waals surface area contributed by atoms with E-state index in [0.717, 1.165) is 18.3 Å². The van der Waals surface area contributed by atoms with Gasteiger partial charge in [0.1, 0.15) is 17.7 Å². The van der Waals surface area contributed by atoms with Crippen LogP contribution < -0.4 is 5.32 Å². The molecule has 0 aliphatic heterocycles. The first-order chi connectivity index (χ1) is 8.12. The fraction of sp³-hybridized carbons (Fsp3) is 0. The maximum atomic E-state index is 12.9. The Morgan fingerprint density at radius 1 is 1.24 bits per heavy atom. The highest BCUT2D eigenvalue weighted by molar-refractivity contribution is 5.61. The summed E-state index contributed by atoms with van der Waals surface area (Å²) < 4.78 is 25.8. The molecule has 1 aromatic rings. The summed E-state index contributed by atoms with van der Waals surface area (Å²) in [6, 6.07) is 4.91. The lowest BCUT2D eigenvalue weighted by atomic mass is 10.1. The van der Waals surface area contributed by atoms with Crippen LogP contribution in [-0.4, -0.2) is 0 Å². The zero-order valence-corrected chi connectivity index (χ0v) is 8.46. The first-order valence-corrected chi connectivity index (χ1v) is 4.35. The van der Waals surface area contributed by atoms with Gasteiger partial charge in [-0.2, -0.15) is 10.5 Å². The summed E-state index contributed by atoms with van der Waals surface area (Å²) in [5, 5.41) is 19.4. The van der Waals surface area contributed by atoms with Crippen LogP contribution in [-0.2, 0) is 0 Å². The van der Waals surface area contributed by atoms with Gasteiger partial charge in [-0.3, -0.25) is 0 Å². The molecule has 1 rings (SSSR count). The highest BCUT2D eigenvalue weighted by atomic mass is 19.2. The Hall–Kier alpha value is -2.84. The molecule has 0 aliphatic rings. The maximum Gasteiger partial charge on any atom is 0.160 e. The van der Waals surface area contributed by atoms with Crippen LogP contribution in [0.15, 0.2) is 23.9 Å². The van der Waals surface area contributed by atoms with Crippen molar-refractivity contribution < 1.29 is 8.78 Å². The van der Waals surface area contributed by atoms with E-state index in [2.05, 4.69) is 11.2 Å². The minimum atomic E-state index is -1.07. The van der Waals surface area contributed by atoms with Gasteiger partial charge in [0.15, 0.2) is 11.6 Å². The highest BCUT2D eigenvalue weighted by Crippen LogP contribution is 2.19. The molecule has 3 nitrogen and oxygen atoms in total. The van der Waals surface area contributed by atoms with Gasteiger partial charge >= 0.3 is 0 Å². The number of halogens is 2. The summed E-state index contributed by atoms with van der Waals surface area (Å²) in [6.45, 7) is 0. The quantitative estimate of drug-likeness (QED) is 0.625. The number of hydrogen-bond donors (Lipinski definition) is 1. The Labute approximate surface area is 96.6 Å². The number of terminal acetylenes is 1. The van der Waals surface area contributed by atoms with Gasteiger partial charge in [-0.15, -0.1) is 6.42 Å². The second kappa shape index (κ2) is 5.30. The lowest BCUT2D eigenvalue weighted by molar-refractivity contribution is 0.509. The third-order valence-corrected chi connectivity index (χ3v) is 1.83. The molecule has 1 N–H and O–H groups in total. The number of nitriles is 2. The Balaban J connectivity index is 3.14. The molecule has 82 valence electrons. The molecule has 0 unspecified atom stereocenters. The van der Waals surface area contributed by atoms with Crippen molar-refractivity contribution in [1.82, 2.24) is 0 Å². The van der Waals surface area contributed by atoms with Crippen LogP contribution in [0.25, 0.3) is 0 Å². The lowest BCUT2D eigenvalue weighted by Crippen LogP contribution is -1.96. The molecular weight excluding hydrogens is 224 g/mol. The molecule has 0 saturated heterocycles. The summed E-state index contributed by atoms with van der Waals surface area (Å²) in [5.41, 5.74) is -0.0116. The van der Waals surface area contributed by atoms with Crippen molar-refractivity contribution in [1.29, 1.82) is 10.5 Å². The van der Waals surface area contributed by atoms with Crippen molar-refractivity contribution in [3.8, 4) is 24.5 Å². The average Bonchev–Trinajstić information content (AvgIpc) is 2.34. The van der Waals surface area contributed by atoms with Crippen LogP contribution in [0.3, 0.4) is 0 Å². The van der Waals surface area contributed by atoms with E-state index in [1.807, 2.05) is 0 Å². The molecule has 0 radical (unpaired) electrons. The molecule has 0 atom stereocenters. The fourth-order valence-electron chi connectivity index (χ4n) is 1.03. The molecule has 0 heterocycles. The van der Waals surface area contributed by atoms with E-state index < -0.39 is 11.6 Å². The first-order valence-electron chi connectivity index (χ1n) is 4.35. The number of allylic oxidation sites excluding steroid dienone is 1. The van der Waals surface area contributed by atoms with E-state index >= 15 is 0 Å². The second-order valence-electron chi connectivity index (χ2n) is 2.88. The van der Waals surface area contributed by atoms with Crippen molar-refractivity contribution in [3.05, 3.63) is 41.1 Å². The third-order valence-electron chi connectivity index (χ3n) is 1.83. The van der Waals surface area contributed by atoms with E-state index in [9.17, 15) is 8.78 Å². The Bertz CT molecular complexity index is 582. The number of benzene rings is 1. The number of nitrogens with one attached hydrogen (secondary N) is 1. The molecule has 0 spiro atoms. The number of rotatable bonds is 2. The van der Waals surface area contributed by atoms with Gasteiger partial charge in [-0.25, -0.2) is 8.78 Å². The molecule has 0 saturated carbocycles. The van der Waals surface area contributed by atoms with Crippen molar-refractivity contribution in [2.45, 2.75) is 0 Å². The fourth-order valence-corrected chi connectivity index (χ4v) is 1.03. The Kier molecular flexibility index (Phi) is 3.81. The summed E-state index contributed by atoms with van der Waals surface area (Å²) in [7, 11) is 0. The molecule has 1 aromatic carbocycles. The molecule has 0 aromatic heterocycles. The van der Waals surface area contributed by atoms with Crippen LogP contribution in [0.2, 0.25) is 0 Å². The zero-order valence-electron chi connectivity index (χ0n) is 8.46.